The highest BCUT2D eigenvalue weighted by Crippen LogP contribution is 2.28. The Morgan fingerprint density at radius 3 is 2.23 bits per heavy atom. The molecule has 1 amide bonds. The number of hydrogen-bond donors (Lipinski definition) is 1. The standard InChI is InChI=1S/C24H26N4O3/c1-30-21-10-8-18(16-22(21)31-2)24(29)26-19-9-11-23(25-17-19)28-14-12-27(13-15-28)20-6-4-3-5-7-20/h3-11,16-17H,12-15H2,1-2H3,(H,26,29). The number of aromatic nitrogens is 1. The van der Waals surface area contributed by atoms with Crippen molar-refractivity contribution in [2.24, 2.45) is 0 Å². The van der Waals surface area contributed by atoms with Crippen LogP contribution in [0.3, 0.4) is 0 Å². The number of piperazine rings is 1. The van der Waals surface area contributed by atoms with E-state index in [1.807, 2.05) is 18.2 Å². The topological polar surface area (TPSA) is 66.9 Å². The molecular weight excluding hydrogens is 392 g/mol. The summed E-state index contributed by atoms with van der Waals surface area (Å²) >= 11 is 0. The molecule has 0 unspecified atom stereocenters. The summed E-state index contributed by atoms with van der Waals surface area (Å²) in [5.41, 5.74) is 2.38. The third kappa shape index (κ3) is 4.71. The van der Waals surface area contributed by atoms with Crippen molar-refractivity contribution in [3.8, 4) is 11.5 Å². The number of nitrogens with zero attached hydrogens (tertiary/aromatic N) is 3. The van der Waals surface area contributed by atoms with Crippen molar-refractivity contribution in [3.63, 3.8) is 0 Å². The molecule has 0 aliphatic carbocycles. The van der Waals surface area contributed by atoms with Gasteiger partial charge in [-0.05, 0) is 42.5 Å². The minimum Gasteiger partial charge on any atom is -0.493 e. The number of amides is 1. The van der Waals surface area contributed by atoms with Gasteiger partial charge in [-0.3, -0.25) is 4.79 Å². The summed E-state index contributed by atoms with van der Waals surface area (Å²) < 4.78 is 10.5. The lowest BCUT2D eigenvalue weighted by Crippen LogP contribution is -2.46. The fraction of sp³-hybridized carbons (Fsp3) is 0.250. The first-order chi connectivity index (χ1) is 15.2. The first-order valence-corrected chi connectivity index (χ1v) is 10.2. The van der Waals surface area contributed by atoms with Gasteiger partial charge in [0.2, 0.25) is 0 Å². The van der Waals surface area contributed by atoms with Gasteiger partial charge >= 0.3 is 0 Å². The summed E-state index contributed by atoms with van der Waals surface area (Å²) in [5, 5.41) is 2.88. The van der Waals surface area contributed by atoms with Gasteiger partial charge in [0.25, 0.3) is 5.91 Å². The summed E-state index contributed by atoms with van der Waals surface area (Å²) in [4.78, 5) is 21.8. The Labute approximate surface area is 182 Å². The number of rotatable bonds is 6. The molecule has 0 bridgehead atoms. The summed E-state index contributed by atoms with van der Waals surface area (Å²) in [6.45, 7) is 3.70. The molecule has 4 rings (SSSR count). The maximum Gasteiger partial charge on any atom is 0.255 e. The van der Waals surface area contributed by atoms with Crippen LogP contribution in [0.4, 0.5) is 17.2 Å². The van der Waals surface area contributed by atoms with Gasteiger partial charge in [0.1, 0.15) is 5.82 Å². The van der Waals surface area contributed by atoms with Gasteiger partial charge < -0.3 is 24.6 Å². The molecule has 0 atom stereocenters. The SMILES string of the molecule is COc1ccc(C(=O)Nc2ccc(N3CCN(c4ccccc4)CC3)nc2)cc1OC. The Hall–Kier alpha value is -3.74. The Kier molecular flexibility index (Phi) is 6.21. The Morgan fingerprint density at radius 2 is 1.58 bits per heavy atom. The molecule has 1 aliphatic heterocycles. The van der Waals surface area contributed by atoms with Gasteiger partial charge in [-0.1, -0.05) is 18.2 Å². The van der Waals surface area contributed by atoms with E-state index in [2.05, 4.69) is 44.4 Å². The predicted octanol–water partition coefficient (Wildman–Crippen LogP) is 3.68. The van der Waals surface area contributed by atoms with Crippen molar-refractivity contribution in [1.82, 2.24) is 4.98 Å². The number of pyridine rings is 1. The van der Waals surface area contributed by atoms with Gasteiger partial charge in [0.15, 0.2) is 11.5 Å². The average Bonchev–Trinajstić information content (AvgIpc) is 2.84. The zero-order valence-corrected chi connectivity index (χ0v) is 17.7. The number of carbonyl (C=O) groups excluding carboxylic acids is 1. The molecule has 1 N–H and O–H groups in total. The molecule has 7 heteroatoms. The van der Waals surface area contributed by atoms with Gasteiger partial charge in [0.05, 0.1) is 26.1 Å². The van der Waals surface area contributed by atoms with Crippen molar-refractivity contribution in [1.29, 1.82) is 0 Å². The maximum absolute atomic E-state index is 12.6. The second-order valence-corrected chi connectivity index (χ2v) is 7.24. The molecule has 1 fully saturated rings. The normalized spacial score (nSPS) is 13.6. The third-order valence-corrected chi connectivity index (χ3v) is 5.38. The molecule has 31 heavy (non-hydrogen) atoms. The number of para-hydroxylation sites is 1. The monoisotopic (exact) mass is 418 g/mol. The summed E-state index contributed by atoms with van der Waals surface area (Å²) in [5.74, 6) is 1.78. The summed E-state index contributed by atoms with van der Waals surface area (Å²) in [7, 11) is 3.11. The van der Waals surface area contributed by atoms with Crippen LogP contribution >= 0.6 is 0 Å². The molecule has 3 aromatic rings. The quantitative estimate of drug-likeness (QED) is 0.659. The van der Waals surface area contributed by atoms with E-state index < -0.39 is 0 Å². The highest BCUT2D eigenvalue weighted by molar-refractivity contribution is 6.04. The molecule has 7 nitrogen and oxygen atoms in total. The first kappa shape index (κ1) is 20.5. The number of ether oxygens (including phenoxy) is 2. The lowest BCUT2D eigenvalue weighted by atomic mass is 10.2. The van der Waals surface area contributed by atoms with E-state index in [9.17, 15) is 4.79 Å². The molecular formula is C24H26N4O3. The second kappa shape index (κ2) is 9.38. The van der Waals surface area contributed by atoms with Crippen LogP contribution in [0, 0.1) is 0 Å². The van der Waals surface area contributed by atoms with E-state index >= 15 is 0 Å². The van der Waals surface area contributed by atoms with Crippen molar-refractivity contribution in [3.05, 3.63) is 72.4 Å². The van der Waals surface area contributed by atoms with Gasteiger partial charge in [0, 0.05) is 37.4 Å². The van der Waals surface area contributed by atoms with E-state index in [-0.39, 0.29) is 5.91 Å². The van der Waals surface area contributed by atoms with Crippen LogP contribution in [-0.4, -0.2) is 51.3 Å². The van der Waals surface area contributed by atoms with Crippen LogP contribution in [0.25, 0.3) is 0 Å². The molecule has 0 radical (unpaired) electrons. The highest BCUT2D eigenvalue weighted by Gasteiger charge is 2.18. The van der Waals surface area contributed by atoms with E-state index in [0.717, 1.165) is 32.0 Å². The van der Waals surface area contributed by atoms with Crippen molar-refractivity contribution in [2.45, 2.75) is 0 Å². The van der Waals surface area contributed by atoms with Crippen molar-refractivity contribution in [2.75, 3.05) is 55.5 Å². The van der Waals surface area contributed by atoms with E-state index in [0.29, 0.717) is 22.7 Å². The zero-order chi connectivity index (χ0) is 21.6. The molecule has 0 spiro atoms. The van der Waals surface area contributed by atoms with Gasteiger partial charge in [-0.15, -0.1) is 0 Å². The van der Waals surface area contributed by atoms with E-state index in [1.165, 1.54) is 5.69 Å². The Morgan fingerprint density at radius 1 is 0.871 bits per heavy atom. The Balaban J connectivity index is 1.36. The number of hydrogen-bond acceptors (Lipinski definition) is 6. The van der Waals surface area contributed by atoms with Gasteiger partial charge in [-0.2, -0.15) is 0 Å². The van der Waals surface area contributed by atoms with Crippen molar-refractivity contribution >= 4 is 23.1 Å². The number of carbonyl (C=O) groups is 1. The third-order valence-electron chi connectivity index (χ3n) is 5.38. The van der Waals surface area contributed by atoms with E-state index in [1.54, 1.807) is 38.6 Å². The fourth-order valence-electron chi connectivity index (χ4n) is 3.66. The number of benzene rings is 2. The van der Waals surface area contributed by atoms with Crippen LogP contribution in [0.5, 0.6) is 11.5 Å². The molecule has 0 saturated carbocycles. The minimum atomic E-state index is -0.230. The molecule has 1 aromatic heterocycles. The minimum absolute atomic E-state index is 0.230. The molecule has 160 valence electrons. The van der Waals surface area contributed by atoms with Crippen LogP contribution in [0.1, 0.15) is 10.4 Å². The molecule has 1 aliphatic rings. The van der Waals surface area contributed by atoms with Crippen LogP contribution in [0.2, 0.25) is 0 Å². The first-order valence-electron chi connectivity index (χ1n) is 10.2. The summed E-state index contributed by atoms with van der Waals surface area (Å²) in [6.07, 6.45) is 1.69. The number of nitrogens with one attached hydrogen (secondary N) is 1. The summed E-state index contributed by atoms with van der Waals surface area (Å²) in [6, 6.07) is 19.4. The lowest BCUT2D eigenvalue weighted by molar-refractivity contribution is 0.102. The van der Waals surface area contributed by atoms with Crippen LogP contribution < -0.4 is 24.6 Å². The van der Waals surface area contributed by atoms with Crippen LogP contribution in [-0.2, 0) is 0 Å². The zero-order valence-electron chi connectivity index (χ0n) is 17.7. The smallest absolute Gasteiger partial charge is 0.255 e. The predicted molar refractivity (Wildman–Crippen MR) is 123 cm³/mol. The van der Waals surface area contributed by atoms with E-state index in [4.69, 9.17) is 9.47 Å². The molecule has 1 saturated heterocycles. The second-order valence-electron chi connectivity index (χ2n) is 7.24. The van der Waals surface area contributed by atoms with Crippen LogP contribution in [0.15, 0.2) is 66.9 Å². The largest absolute Gasteiger partial charge is 0.493 e. The van der Waals surface area contributed by atoms with Crippen molar-refractivity contribution < 1.29 is 14.3 Å². The Bertz CT molecular complexity index is 1020. The number of anilines is 3. The fourth-order valence-corrected chi connectivity index (χ4v) is 3.66. The van der Waals surface area contributed by atoms with Gasteiger partial charge in [-0.25, -0.2) is 4.98 Å². The molecule has 2 heterocycles. The molecule has 2 aromatic carbocycles. The lowest BCUT2D eigenvalue weighted by Gasteiger charge is -2.36. The maximum atomic E-state index is 12.6. The highest BCUT2D eigenvalue weighted by atomic mass is 16.5. The average molecular weight is 418 g/mol. The number of methoxy groups -OCH3 is 2.